The van der Waals surface area contributed by atoms with Crippen molar-refractivity contribution in [2.45, 2.75) is 6.42 Å². The molecule has 0 unspecified atom stereocenters. The number of benzene rings is 1. The maximum atomic E-state index is 13.1. The summed E-state index contributed by atoms with van der Waals surface area (Å²) in [6.07, 6.45) is 3.76. The zero-order chi connectivity index (χ0) is 23.3. The predicted octanol–water partition coefficient (Wildman–Crippen LogP) is 4.28. The van der Waals surface area contributed by atoms with Crippen LogP contribution < -0.4 is 14.4 Å². The fourth-order valence-corrected chi connectivity index (χ4v) is 4.84. The topological polar surface area (TPSA) is 98.0 Å². The molecule has 0 fully saturated rings. The first-order chi connectivity index (χ1) is 15.3. The number of thiazole rings is 1. The summed E-state index contributed by atoms with van der Waals surface area (Å²) in [5.74, 6) is 1.01. The lowest BCUT2D eigenvalue weighted by Gasteiger charge is -2.19. The summed E-state index contributed by atoms with van der Waals surface area (Å²) in [6.45, 7) is 1.28. The zero-order valence-electron chi connectivity index (χ0n) is 18.2. The molecular weight excluding hydrogens is 452 g/mol. The molecule has 2 heterocycles. The van der Waals surface area contributed by atoms with E-state index in [1.165, 1.54) is 23.5 Å². The molecule has 0 aliphatic rings. The van der Waals surface area contributed by atoms with Crippen molar-refractivity contribution in [1.82, 2.24) is 9.88 Å². The largest absolute Gasteiger partial charge is 0.495 e. The van der Waals surface area contributed by atoms with Gasteiger partial charge in [-0.3, -0.25) is 19.8 Å². The van der Waals surface area contributed by atoms with Gasteiger partial charge in [-0.25, -0.2) is 4.98 Å². The molecule has 3 aromatic rings. The van der Waals surface area contributed by atoms with E-state index in [9.17, 15) is 14.9 Å². The summed E-state index contributed by atoms with van der Waals surface area (Å²) >= 11 is 2.37. The number of carbonyl (C=O) groups is 1. The van der Waals surface area contributed by atoms with E-state index in [0.29, 0.717) is 33.6 Å². The van der Waals surface area contributed by atoms with Crippen molar-refractivity contribution in [2.75, 3.05) is 46.3 Å². The van der Waals surface area contributed by atoms with Crippen LogP contribution in [0.5, 0.6) is 11.5 Å². The van der Waals surface area contributed by atoms with Crippen molar-refractivity contribution in [3.05, 3.63) is 45.3 Å². The third-order valence-corrected chi connectivity index (χ3v) is 6.66. The van der Waals surface area contributed by atoms with Crippen LogP contribution in [0.4, 0.5) is 10.1 Å². The van der Waals surface area contributed by atoms with E-state index in [1.54, 1.807) is 37.3 Å². The van der Waals surface area contributed by atoms with Crippen LogP contribution in [0.3, 0.4) is 0 Å². The maximum absolute atomic E-state index is 13.1. The SMILES string of the molecule is COc1ccc(OC)c2sc(N(CCCN(C)C)C(=O)C=Cc3ccc([N+](=O)[O-])s3)nc12. The molecule has 9 nitrogen and oxygen atoms in total. The van der Waals surface area contributed by atoms with Gasteiger partial charge in [-0.05, 0) is 51.3 Å². The van der Waals surface area contributed by atoms with Gasteiger partial charge in [0.15, 0.2) is 5.13 Å². The number of hydrogen-bond acceptors (Lipinski definition) is 9. The van der Waals surface area contributed by atoms with Crippen molar-refractivity contribution < 1.29 is 19.2 Å². The fraction of sp³-hybridized carbons (Fsp3) is 0.333. The number of methoxy groups -OCH3 is 2. The Kier molecular flexibility index (Phi) is 7.78. The van der Waals surface area contributed by atoms with Crippen LogP contribution >= 0.6 is 22.7 Å². The van der Waals surface area contributed by atoms with Gasteiger partial charge in [0.1, 0.15) is 21.7 Å². The summed E-state index contributed by atoms with van der Waals surface area (Å²) in [5.41, 5.74) is 0.634. The minimum absolute atomic E-state index is 0.0327. The Balaban J connectivity index is 1.93. The molecule has 0 saturated heterocycles. The highest BCUT2D eigenvalue weighted by Crippen LogP contribution is 2.40. The number of amides is 1. The third-order valence-electron chi connectivity index (χ3n) is 4.57. The molecule has 0 N–H and O–H groups in total. The number of anilines is 1. The molecule has 1 aromatic carbocycles. The van der Waals surface area contributed by atoms with E-state index in [1.807, 2.05) is 25.1 Å². The first kappa shape index (κ1) is 23.6. The van der Waals surface area contributed by atoms with E-state index in [4.69, 9.17) is 9.47 Å². The Morgan fingerprint density at radius 1 is 1.12 bits per heavy atom. The third kappa shape index (κ3) is 5.42. The summed E-state index contributed by atoms with van der Waals surface area (Å²) in [4.78, 5) is 32.5. The zero-order valence-corrected chi connectivity index (χ0v) is 19.9. The van der Waals surface area contributed by atoms with Crippen LogP contribution in [0.15, 0.2) is 30.3 Å². The smallest absolute Gasteiger partial charge is 0.324 e. The molecule has 0 bridgehead atoms. The molecule has 0 radical (unpaired) electrons. The second kappa shape index (κ2) is 10.5. The van der Waals surface area contributed by atoms with Crippen molar-refractivity contribution in [3.63, 3.8) is 0 Å². The van der Waals surface area contributed by atoms with Crippen molar-refractivity contribution in [3.8, 4) is 11.5 Å². The van der Waals surface area contributed by atoms with Gasteiger partial charge >= 0.3 is 5.00 Å². The average molecular weight is 477 g/mol. The van der Waals surface area contributed by atoms with Crippen molar-refractivity contribution in [1.29, 1.82) is 0 Å². The molecule has 11 heteroatoms. The summed E-state index contributed by atoms with van der Waals surface area (Å²) in [6, 6.07) is 6.64. The first-order valence-corrected chi connectivity index (χ1v) is 11.4. The molecule has 1 amide bonds. The van der Waals surface area contributed by atoms with Gasteiger partial charge in [-0.15, -0.1) is 0 Å². The Hall–Kier alpha value is -3.02. The van der Waals surface area contributed by atoms with Gasteiger partial charge in [0.25, 0.3) is 5.91 Å². The minimum atomic E-state index is -0.445. The lowest BCUT2D eigenvalue weighted by Crippen LogP contribution is -2.32. The lowest BCUT2D eigenvalue weighted by atomic mass is 10.3. The van der Waals surface area contributed by atoms with E-state index in [-0.39, 0.29) is 10.9 Å². The molecule has 170 valence electrons. The fourth-order valence-electron chi connectivity index (χ4n) is 3.01. The molecule has 0 aliphatic carbocycles. The standard InChI is InChI=1S/C21H24N4O5S2/c1-23(2)12-5-13-24(17(26)10-6-14-7-11-18(31-14)25(27)28)21-22-19-15(29-3)8-9-16(30-4)20(19)32-21/h6-11H,5,12-13H2,1-4H3. The van der Waals surface area contributed by atoms with Gasteiger partial charge in [0.2, 0.25) is 0 Å². The number of thiophene rings is 1. The monoisotopic (exact) mass is 476 g/mol. The predicted molar refractivity (Wildman–Crippen MR) is 128 cm³/mol. The van der Waals surface area contributed by atoms with Crippen LogP contribution in [0, 0.1) is 10.1 Å². The summed E-state index contributed by atoms with van der Waals surface area (Å²) < 4.78 is 11.7. The lowest BCUT2D eigenvalue weighted by molar-refractivity contribution is -0.380. The second-order valence-electron chi connectivity index (χ2n) is 7.06. The number of fused-ring (bicyclic) bond motifs is 1. The first-order valence-electron chi connectivity index (χ1n) is 9.74. The Morgan fingerprint density at radius 3 is 2.47 bits per heavy atom. The minimum Gasteiger partial charge on any atom is -0.495 e. The van der Waals surface area contributed by atoms with E-state index < -0.39 is 4.92 Å². The molecule has 0 spiro atoms. The van der Waals surface area contributed by atoms with Gasteiger partial charge in [0, 0.05) is 23.6 Å². The number of carbonyl (C=O) groups excluding carboxylic acids is 1. The highest BCUT2D eigenvalue weighted by molar-refractivity contribution is 7.22. The van der Waals surface area contributed by atoms with Crippen molar-refractivity contribution >= 4 is 55.0 Å². The van der Waals surface area contributed by atoms with Crippen LogP contribution in [0.25, 0.3) is 16.3 Å². The number of nitrogens with zero attached hydrogens (tertiary/aromatic N) is 4. The van der Waals surface area contributed by atoms with Crippen LogP contribution in [0.1, 0.15) is 11.3 Å². The highest BCUT2D eigenvalue weighted by Gasteiger charge is 2.21. The molecule has 3 rings (SSSR count). The van der Waals surface area contributed by atoms with Crippen LogP contribution in [-0.2, 0) is 4.79 Å². The van der Waals surface area contributed by atoms with Crippen molar-refractivity contribution in [2.24, 2.45) is 0 Å². The molecular formula is C21H24N4O5S2. The van der Waals surface area contributed by atoms with Gasteiger partial charge in [-0.2, -0.15) is 0 Å². The second-order valence-corrected chi connectivity index (χ2v) is 9.13. The van der Waals surface area contributed by atoms with Gasteiger partial charge in [0.05, 0.1) is 19.1 Å². The van der Waals surface area contributed by atoms with E-state index >= 15 is 0 Å². The van der Waals surface area contributed by atoms with Gasteiger partial charge < -0.3 is 14.4 Å². The Bertz CT molecular complexity index is 1100. The number of aromatic nitrogens is 1. The van der Waals surface area contributed by atoms with Crippen LogP contribution in [0.2, 0.25) is 0 Å². The summed E-state index contributed by atoms with van der Waals surface area (Å²) in [5, 5.41) is 11.5. The number of ether oxygens (including phenoxy) is 2. The van der Waals surface area contributed by atoms with E-state index in [0.717, 1.165) is 29.0 Å². The average Bonchev–Trinajstić information content (AvgIpc) is 3.41. The van der Waals surface area contributed by atoms with Crippen LogP contribution in [-0.4, -0.2) is 62.1 Å². The van der Waals surface area contributed by atoms with E-state index in [2.05, 4.69) is 4.98 Å². The maximum Gasteiger partial charge on any atom is 0.324 e. The quantitative estimate of drug-likeness (QED) is 0.245. The van der Waals surface area contributed by atoms with Gasteiger partial charge in [-0.1, -0.05) is 22.7 Å². The molecule has 0 saturated carbocycles. The number of nitro groups is 1. The number of hydrogen-bond donors (Lipinski definition) is 0. The molecule has 2 aromatic heterocycles. The highest BCUT2D eigenvalue weighted by atomic mass is 32.1. The molecule has 0 aliphatic heterocycles. The Morgan fingerprint density at radius 2 is 1.84 bits per heavy atom. The summed E-state index contributed by atoms with van der Waals surface area (Å²) in [7, 11) is 7.11. The number of rotatable bonds is 10. The normalized spacial score (nSPS) is 11.4. The molecule has 0 atom stereocenters. The Labute approximate surface area is 193 Å². The molecule has 32 heavy (non-hydrogen) atoms.